The van der Waals surface area contributed by atoms with Crippen LogP contribution in [0.4, 0.5) is 0 Å². The Labute approximate surface area is 108 Å². The summed E-state index contributed by atoms with van der Waals surface area (Å²) in [5.74, 6) is 0.0929. The second-order valence-electron chi connectivity index (χ2n) is 4.79. The average molecular weight is 261 g/mol. The van der Waals surface area contributed by atoms with E-state index in [0.717, 1.165) is 12.2 Å². The average Bonchev–Trinajstić information content (AvgIpc) is 2.16. The van der Waals surface area contributed by atoms with Crippen LogP contribution in [0, 0.1) is 5.92 Å². The highest BCUT2D eigenvalue weighted by Gasteiger charge is 2.32. The number of aliphatic carboxylic acids is 1. The monoisotopic (exact) mass is 261 g/mol. The molecule has 2 N–H and O–H groups in total. The Morgan fingerprint density at radius 2 is 2.00 bits per heavy atom. The van der Waals surface area contributed by atoms with E-state index in [0.29, 0.717) is 6.42 Å². The molecule has 0 heterocycles. The summed E-state index contributed by atoms with van der Waals surface area (Å²) < 4.78 is 0. The molecule has 0 aliphatic heterocycles. The summed E-state index contributed by atoms with van der Waals surface area (Å²) in [4.78, 5) is 22.5. The third-order valence-electron chi connectivity index (χ3n) is 2.97. The molecule has 1 atom stereocenters. The highest BCUT2D eigenvalue weighted by Crippen LogP contribution is 2.21. The Hall–Kier alpha value is -0.710. The maximum atomic E-state index is 11.7. The van der Waals surface area contributed by atoms with E-state index in [4.69, 9.17) is 5.11 Å². The summed E-state index contributed by atoms with van der Waals surface area (Å²) in [6.07, 6.45) is 3.25. The zero-order valence-electron chi connectivity index (χ0n) is 11.1. The molecule has 0 spiro atoms. The molecule has 0 aromatic rings. The van der Waals surface area contributed by atoms with Crippen LogP contribution in [0.15, 0.2) is 0 Å². The van der Waals surface area contributed by atoms with Crippen molar-refractivity contribution < 1.29 is 14.7 Å². The van der Waals surface area contributed by atoms with Crippen molar-refractivity contribution >= 4 is 23.6 Å². The number of carbonyl (C=O) groups excluding carboxylic acids is 1. The first-order valence-corrected chi connectivity index (χ1v) is 7.23. The second-order valence-corrected chi connectivity index (χ2v) is 5.77. The zero-order valence-corrected chi connectivity index (χ0v) is 11.9. The summed E-state index contributed by atoms with van der Waals surface area (Å²) in [5, 5.41) is 11.7. The molecule has 0 fully saturated rings. The standard InChI is InChI=1S/C12H23NO3S/c1-9(2)12(3,8-11(15)16)13-10(14)6-5-7-17-4/h9H,5-8H2,1-4H3,(H,13,14)(H,15,16). The van der Waals surface area contributed by atoms with E-state index in [1.165, 1.54) is 0 Å². The van der Waals surface area contributed by atoms with Gasteiger partial charge in [0, 0.05) is 12.0 Å². The minimum atomic E-state index is -0.884. The van der Waals surface area contributed by atoms with Crippen molar-refractivity contribution in [3.05, 3.63) is 0 Å². The molecular weight excluding hydrogens is 238 g/mol. The largest absolute Gasteiger partial charge is 0.481 e. The van der Waals surface area contributed by atoms with Crippen molar-refractivity contribution in [1.82, 2.24) is 5.32 Å². The van der Waals surface area contributed by atoms with Gasteiger partial charge in [0.25, 0.3) is 0 Å². The van der Waals surface area contributed by atoms with Crippen molar-refractivity contribution in [3.63, 3.8) is 0 Å². The van der Waals surface area contributed by atoms with Gasteiger partial charge in [0.15, 0.2) is 0 Å². The van der Waals surface area contributed by atoms with E-state index < -0.39 is 11.5 Å². The van der Waals surface area contributed by atoms with Crippen molar-refractivity contribution in [2.75, 3.05) is 12.0 Å². The first-order valence-electron chi connectivity index (χ1n) is 5.83. The minimum Gasteiger partial charge on any atom is -0.481 e. The third kappa shape index (κ3) is 6.56. The molecule has 17 heavy (non-hydrogen) atoms. The van der Waals surface area contributed by atoms with Crippen molar-refractivity contribution in [3.8, 4) is 0 Å². The number of hydrogen-bond acceptors (Lipinski definition) is 3. The van der Waals surface area contributed by atoms with Crippen LogP contribution in [0.3, 0.4) is 0 Å². The van der Waals surface area contributed by atoms with Gasteiger partial charge in [0.1, 0.15) is 0 Å². The lowest BCUT2D eigenvalue weighted by Gasteiger charge is -2.33. The molecule has 0 aromatic carbocycles. The van der Waals surface area contributed by atoms with Gasteiger partial charge in [0.2, 0.25) is 5.91 Å². The molecule has 0 rings (SSSR count). The fourth-order valence-corrected chi connectivity index (χ4v) is 1.90. The summed E-state index contributed by atoms with van der Waals surface area (Å²) in [6.45, 7) is 5.63. The van der Waals surface area contributed by atoms with Crippen LogP contribution < -0.4 is 5.32 Å². The number of carbonyl (C=O) groups is 2. The number of rotatable bonds is 8. The molecule has 0 radical (unpaired) electrons. The fourth-order valence-electron chi connectivity index (χ4n) is 1.46. The van der Waals surface area contributed by atoms with Crippen molar-refractivity contribution in [2.24, 2.45) is 5.92 Å². The van der Waals surface area contributed by atoms with Crippen LogP contribution in [-0.4, -0.2) is 34.5 Å². The lowest BCUT2D eigenvalue weighted by atomic mass is 9.85. The van der Waals surface area contributed by atoms with E-state index in [1.807, 2.05) is 20.1 Å². The first-order chi connectivity index (χ1) is 7.81. The first kappa shape index (κ1) is 16.3. The highest BCUT2D eigenvalue weighted by molar-refractivity contribution is 7.98. The Balaban J connectivity index is 4.34. The maximum Gasteiger partial charge on any atom is 0.305 e. The highest BCUT2D eigenvalue weighted by atomic mass is 32.2. The van der Waals surface area contributed by atoms with Crippen LogP contribution in [0.5, 0.6) is 0 Å². The molecule has 0 aromatic heterocycles. The van der Waals surface area contributed by atoms with E-state index in [1.54, 1.807) is 18.7 Å². The summed E-state index contributed by atoms with van der Waals surface area (Å²) >= 11 is 1.70. The summed E-state index contributed by atoms with van der Waals surface area (Å²) in [5.41, 5.74) is -0.664. The van der Waals surface area contributed by atoms with Crippen LogP contribution >= 0.6 is 11.8 Å². The molecule has 100 valence electrons. The topological polar surface area (TPSA) is 66.4 Å². The molecule has 0 aliphatic carbocycles. The SMILES string of the molecule is CSCCCC(=O)NC(C)(CC(=O)O)C(C)C. The van der Waals surface area contributed by atoms with Gasteiger partial charge >= 0.3 is 5.97 Å². The fraction of sp³-hybridized carbons (Fsp3) is 0.833. The second kappa shape index (κ2) is 7.58. The Morgan fingerprint density at radius 1 is 1.41 bits per heavy atom. The van der Waals surface area contributed by atoms with Crippen molar-refractivity contribution in [2.45, 2.75) is 45.6 Å². The van der Waals surface area contributed by atoms with Crippen LogP contribution in [0.2, 0.25) is 0 Å². The third-order valence-corrected chi connectivity index (χ3v) is 3.67. The normalized spacial score (nSPS) is 14.4. The van der Waals surface area contributed by atoms with Crippen LogP contribution in [0.25, 0.3) is 0 Å². The number of nitrogens with one attached hydrogen (secondary N) is 1. The molecule has 4 nitrogen and oxygen atoms in total. The van der Waals surface area contributed by atoms with E-state index in [-0.39, 0.29) is 18.2 Å². The Morgan fingerprint density at radius 3 is 2.41 bits per heavy atom. The van der Waals surface area contributed by atoms with Crippen molar-refractivity contribution in [1.29, 1.82) is 0 Å². The maximum absolute atomic E-state index is 11.7. The molecule has 5 heteroatoms. The lowest BCUT2D eigenvalue weighted by Crippen LogP contribution is -2.51. The molecule has 0 aliphatic rings. The molecular formula is C12H23NO3S. The van der Waals surface area contributed by atoms with Gasteiger partial charge in [0.05, 0.1) is 6.42 Å². The quantitative estimate of drug-likeness (QED) is 0.657. The zero-order chi connectivity index (χ0) is 13.5. The smallest absolute Gasteiger partial charge is 0.305 e. The van der Waals surface area contributed by atoms with Gasteiger partial charge in [-0.25, -0.2) is 0 Å². The van der Waals surface area contributed by atoms with E-state index in [2.05, 4.69) is 5.32 Å². The number of hydrogen-bond donors (Lipinski definition) is 2. The van der Waals surface area contributed by atoms with Gasteiger partial charge in [-0.05, 0) is 31.3 Å². The van der Waals surface area contributed by atoms with Gasteiger partial charge < -0.3 is 10.4 Å². The number of carboxylic acids is 1. The predicted molar refractivity (Wildman–Crippen MR) is 71.3 cm³/mol. The molecule has 0 bridgehead atoms. The van der Waals surface area contributed by atoms with E-state index >= 15 is 0 Å². The van der Waals surface area contributed by atoms with Crippen LogP contribution in [-0.2, 0) is 9.59 Å². The Kier molecular flexibility index (Phi) is 7.27. The molecule has 1 unspecified atom stereocenters. The van der Waals surface area contributed by atoms with Crippen LogP contribution in [0.1, 0.15) is 40.0 Å². The summed E-state index contributed by atoms with van der Waals surface area (Å²) in [7, 11) is 0. The van der Waals surface area contributed by atoms with Gasteiger partial charge in [-0.2, -0.15) is 11.8 Å². The predicted octanol–water partition coefficient (Wildman–Crippen LogP) is 2.14. The number of thioether (sulfide) groups is 1. The Bertz CT molecular complexity index is 268. The van der Waals surface area contributed by atoms with Gasteiger partial charge in [-0.3, -0.25) is 9.59 Å². The van der Waals surface area contributed by atoms with E-state index in [9.17, 15) is 9.59 Å². The molecule has 0 saturated heterocycles. The van der Waals surface area contributed by atoms with Gasteiger partial charge in [-0.1, -0.05) is 13.8 Å². The molecule has 0 saturated carbocycles. The van der Waals surface area contributed by atoms with Gasteiger partial charge in [-0.15, -0.1) is 0 Å². The minimum absolute atomic E-state index is 0.0427. The summed E-state index contributed by atoms with van der Waals surface area (Å²) in [6, 6.07) is 0. The number of amides is 1. The molecule has 1 amide bonds. The lowest BCUT2D eigenvalue weighted by molar-refractivity contribution is -0.139. The number of carboxylic acid groups (broad SMARTS) is 1.